The van der Waals surface area contributed by atoms with Gasteiger partial charge in [-0.1, -0.05) is 24.3 Å². The number of sulfonamides is 1. The van der Waals surface area contributed by atoms with Crippen molar-refractivity contribution in [3.8, 4) is 16.9 Å². The van der Waals surface area contributed by atoms with Crippen LogP contribution >= 0.6 is 0 Å². The van der Waals surface area contributed by atoms with E-state index in [-0.39, 0.29) is 24.0 Å². The van der Waals surface area contributed by atoms with Gasteiger partial charge in [-0.15, -0.1) is 0 Å². The number of carbonyl (C=O) groups is 1. The van der Waals surface area contributed by atoms with Crippen molar-refractivity contribution in [2.75, 3.05) is 10.5 Å². The number of rotatable bonds is 8. The molecule has 1 amide bonds. The van der Waals surface area contributed by atoms with Crippen LogP contribution in [-0.2, 0) is 16.6 Å². The smallest absolute Gasteiger partial charge is 0.251 e. The molecule has 0 aliphatic carbocycles. The molecule has 0 aliphatic heterocycles. The zero-order valence-electron chi connectivity index (χ0n) is 18.4. The maximum Gasteiger partial charge on any atom is 0.251 e. The minimum Gasteiger partial charge on any atom is -0.348 e. The molecular formula is C25H23FN4O3S. The molecule has 3 aromatic carbocycles. The van der Waals surface area contributed by atoms with Crippen LogP contribution in [0, 0.1) is 5.82 Å². The van der Waals surface area contributed by atoms with Gasteiger partial charge in [0.15, 0.2) is 0 Å². The van der Waals surface area contributed by atoms with E-state index < -0.39 is 10.0 Å². The van der Waals surface area contributed by atoms with E-state index >= 15 is 0 Å². The van der Waals surface area contributed by atoms with Crippen LogP contribution in [0.1, 0.15) is 22.8 Å². The van der Waals surface area contributed by atoms with E-state index in [1.165, 1.54) is 25.1 Å². The Morgan fingerprint density at radius 1 is 1.00 bits per heavy atom. The van der Waals surface area contributed by atoms with Crippen molar-refractivity contribution in [3.63, 3.8) is 0 Å². The lowest BCUT2D eigenvalue weighted by molar-refractivity contribution is 0.0951. The van der Waals surface area contributed by atoms with E-state index in [1.807, 2.05) is 36.5 Å². The molecule has 0 bridgehead atoms. The summed E-state index contributed by atoms with van der Waals surface area (Å²) in [5.74, 6) is -0.782. The van der Waals surface area contributed by atoms with Gasteiger partial charge in [0.25, 0.3) is 5.91 Å². The Hall–Kier alpha value is -3.98. The molecule has 0 atom stereocenters. The molecule has 0 saturated carbocycles. The van der Waals surface area contributed by atoms with Crippen LogP contribution in [0.2, 0.25) is 0 Å². The number of hydrogen-bond acceptors (Lipinski definition) is 4. The monoisotopic (exact) mass is 478 g/mol. The number of halogens is 1. The fourth-order valence-electron chi connectivity index (χ4n) is 3.36. The summed E-state index contributed by atoms with van der Waals surface area (Å²) in [6.07, 6.45) is 1.82. The first-order valence-corrected chi connectivity index (χ1v) is 12.3. The van der Waals surface area contributed by atoms with E-state index in [1.54, 1.807) is 35.0 Å². The molecule has 4 rings (SSSR count). The van der Waals surface area contributed by atoms with Crippen molar-refractivity contribution in [1.82, 2.24) is 15.1 Å². The van der Waals surface area contributed by atoms with Gasteiger partial charge in [-0.3, -0.25) is 9.52 Å². The lowest BCUT2D eigenvalue weighted by Gasteiger charge is -2.09. The standard InChI is InChI=1S/C25H23FN4O3S/c1-2-34(32,33)29-22-8-6-7-19(15-22)25(31)27-16-20-17-30(23-9-4-3-5-10-23)28-24(20)18-11-13-21(26)14-12-18/h3-15,17,29H,2,16H2,1H3,(H,27,31). The third kappa shape index (κ3) is 5.49. The molecule has 1 aromatic heterocycles. The number of amides is 1. The Balaban J connectivity index is 1.58. The summed E-state index contributed by atoms with van der Waals surface area (Å²) in [6, 6.07) is 21.8. The van der Waals surface area contributed by atoms with Crippen molar-refractivity contribution >= 4 is 21.6 Å². The van der Waals surface area contributed by atoms with E-state index in [4.69, 9.17) is 0 Å². The highest BCUT2D eigenvalue weighted by Crippen LogP contribution is 2.24. The van der Waals surface area contributed by atoms with Gasteiger partial charge >= 0.3 is 0 Å². The lowest BCUT2D eigenvalue weighted by Crippen LogP contribution is -2.23. The third-order valence-electron chi connectivity index (χ3n) is 5.15. The number of nitrogens with zero attached hydrogens (tertiary/aromatic N) is 2. The largest absolute Gasteiger partial charge is 0.348 e. The predicted octanol–water partition coefficient (Wildman–Crippen LogP) is 4.37. The molecule has 0 unspecified atom stereocenters. The van der Waals surface area contributed by atoms with E-state index in [2.05, 4.69) is 15.1 Å². The molecule has 0 saturated heterocycles. The van der Waals surface area contributed by atoms with E-state index in [0.717, 1.165) is 16.8 Å². The number of aromatic nitrogens is 2. The molecule has 34 heavy (non-hydrogen) atoms. The summed E-state index contributed by atoms with van der Waals surface area (Å²) in [5, 5.41) is 7.52. The van der Waals surface area contributed by atoms with E-state index in [9.17, 15) is 17.6 Å². The molecule has 9 heteroatoms. The average Bonchev–Trinajstić information content (AvgIpc) is 3.28. The first kappa shape index (κ1) is 23.2. The Kier molecular flexibility index (Phi) is 6.74. The van der Waals surface area contributed by atoms with Crippen LogP contribution in [0.15, 0.2) is 85.1 Å². The highest BCUT2D eigenvalue weighted by atomic mass is 32.2. The average molecular weight is 479 g/mol. The second-order valence-corrected chi connectivity index (χ2v) is 9.57. The number of benzene rings is 3. The Morgan fingerprint density at radius 2 is 1.74 bits per heavy atom. The first-order valence-electron chi connectivity index (χ1n) is 10.6. The minimum atomic E-state index is -3.45. The fraction of sp³-hybridized carbons (Fsp3) is 0.120. The fourth-order valence-corrected chi connectivity index (χ4v) is 3.99. The maximum absolute atomic E-state index is 13.4. The highest BCUT2D eigenvalue weighted by molar-refractivity contribution is 7.92. The molecule has 174 valence electrons. The van der Waals surface area contributed by atoms with Crippen molar-refractivity contribution in [3.05, 3.63) is 102 Å². The molecule has 0 aliphatic rings. The Morgan fingerprint density at radius 3 is 2.44 bits per heavy atom. The van der Waals surface area contributed by atoms with Crippen molar-refractivity contribution in [1.29, 1.82) is 0 Å². The van der Waals surface area contributed by atoms with Gasteiger partial charge in [0, 0.05) is 35.1 Å². The molecule has 4 aromatic rings. The Labute approximate surface area is 197 Å². The normalized spacial score (nSPS) is 11.2. The summed E-state index contributed by atoms with van der Waals surface area (Å²) >= 11 is 0. The topological polar surface area (TPSA) is 93.1 Å². The molecule has 0 fully saturated rings. The SMILES string of the molecule is CCS(=O)(=O)Nc1cccc(C(=O)NCc2cn(-c3ccccc3)nc2-c2ccc(F)cc2)c1. The van der Waals surface area contributed by atoms with Gasteiger partial charge in [-0.2, -0.15) is 5.10 Å². The second-order valence-electron chi connectivity index (χ2n) is 7.56. The van der Waals surface area contributed by atoms with Gasteiger partial charge in [0.05, 0.1) is 17.1 Å². The number of para-hydroxylation sites is 1. The highest BCUT2D eigenvalue weighted by Gasteiger charge is 2.15. The van der Waals surface area contributed by atoms with Gasteiger partial charge in [0.2, 0.25) is 10.0 Å². The van der Waals surface area contributed by atoms with E-state index in [0.29, 0.717) is 16.9 Å². The predicted molar refractivity (Wildman–Crippen MR) is 130 cm³/mol. The summed E-state index contributed by atoms with van der Waals surface area (Å²) in [4.78, 5) is 12.8. The second kappa shape index (κ2) is 9.88. The van der Waals surface area contributed by atoms with Crippen molar-refractivity contribution in [2.24, 2.45) is 0 Å². The van der Waals surface area contributed by atoms with Gasteiger partial charge in [0.1, 0.15) is 5.82 Å². The van der Waals surface area contributed by atoms with Crippen molar-refractivity contribution in [2.45, 2.75) is 13.5 Å². The number of anilines is 1. The molecule has 0 radical (unpaired) electrons. The third-order valence-corrected chi connectivity index (χ3v) is 6.45. The van der Waals surface area contributed by atoms with Crippen LogP contribution in [0.5, 0.6) is 0 Å². The Bertz CT molecular complexity index is 1400. The van der Waals surface area contributed by atoms with Gasteiger partial charge in [-0.25, -0.2) is 17.5 Å². The molecule has 7 nitrogen and oxygen atoms in total. The number of nitrogens with one attached hydrogen (secondary N) is 2. The summed E-state index contributed by atoms with van der Waals surface area (Å²) in [7, 11) is -3.45. The van der Waals surface area contributed by atoms with Crippen LogP contribution in [0.25, 0.3) is 16.9 Å². The molecule has 0 spiro atoms. The van der Waals surface area contributed by atoms with Crippen LogP contribution in [-0.4, -0.2) is 29.9 Å². The van der Waals surface area contributed by atoms with Crippen molar-refractivity contribution < 1.29 is 17.6 Å². The number of hydrogen-bond donors (Lipinski definition) is 2. The van der Waals surface area contributed by atoms with Crippen LogP contribution in [0.3, 0.4) is 0 Å². The zero-order chi connectivity index (χ0) is 24.1. The lowest BCUT2D eigenvalue weighted by atomic mass is 10.1. The van der Waals surface area contributed by atoms with Crippen LogP contribution in [0.4, 0.5) is 10.1 Å². The molecule has 2 N–H and O–H groups in total. The van der Waals surface area contributed by atoms with Gasteiger partial charge < -0.3 is 5.32 Å². The first-order chi connectivity index (χ1) is 16.3. The minimum absolute atomic E-state index is 0.0685. The summed E-state index contributed by atoms with van der Waals surface area (Å²) < 4.78 is 41.3. The summed E-state index contributed by atoms with van der Waals surface area (Å²) in [6.45, 7) is 1.70. The molecular weight excluding hydrogens is 455 g/mol. The van der Waals surface area contributed by atoms with Gasteiger partial charge in [-0.05, 0) is 61.5 Å². The quantitative estimate of drug-likeness (QED) is 0.393. The van der Waals surface area contributed by atoms with Crippen LogP contribution < -0.4 is 10.0 Å². The maximum atomic E-state index is 13.4. The number of carbonyl (C=O) groups excluding carboxylic acids is 1. The molecule has 1 heterocycles. The summed E-state index contributed by atoms with van der Waals surface area (Å²) in [5.41, 5.74) is 3.56. The zero-order valence-corrected chi connectivity index (χ0v) is 19.2.